The molecule has 2 rings (SSSR count). The second-order valence-corrected chi connectivity index (χ2v) is 6.95. The van der Waals surface area contributed by atoms with Crippen LogP contribution >= 0.6 is 0 Å². The van der Waals surface area contributed by atoms with E-state index in [4.69, 9.17) is 11.5 Å². The summed E-state index contributed by atoms with van der Waals surface area (Å²) < 4.78 is 65.6. The maximum atomic E-state index is 13.1. The summed E-state index contributed by atoms with van der Waals surface area (Å²) in [5, 5.41) is 2.64. The zero-order valence-electron chi connectivity index (χ0n) is 15.7. The Morgan fingerprint density at radius 3 is 2.48 bits per heavy atom. The highest BCUT2D eigenvalue weighted by molar-refractivity contribution is 6.00. The van der Waals surface area contributed by atoms with Gasteiger partial charge in [0.2, 0.25) is 11.9 Å². The summed E-state index contributed by atoms with van der Waals surface area (Å²) >= 11 is 0. The third kappa shape index (κ3) is 5.18. The molecule has 1 unspecified atom stereocenters. The zero-order valence-corrected chi connectivity index (χ0v) is 15.7. The predicted octanol–water partition coefficient (Wildman–Crippen LogP) is 2.80. The Kier molecular flexibility index (Phi) is 6.43. The van der Waals surface area contributed by atoms with Crippen molar-refractivity contribution in [2.75, 3.05) is 11.9 Å². The van der Waals surface area contributed by atoms with Crippen LogP contribution in [0.2, 0.25) is 0 Å². The number of aliphatic imine (C=N–C) groups is 1. The van der Waals surface area contributed by atoms with Crippen LogP contribution in [-0.2, 0) is 11.0 Å². The van der Waals surface area contributed by atoms with Crippen LogP contribution in [0.5, 0.6) is 0 Å². The van der Waals surface area contributed by atoms with Gasteiger partial charge < -0.3 is 16.8 Å². The van der Waals surface area contributed by atoms with E-state index in [1.54, 1.807) is 0 Å². The molecule has 0 radical (unpaired) electrons. The molecule has 29 heavy (non-hydrogen) atoms. The molecule has 1 aliphatic carbocycles. The van der Waals surface area contributed by atoms with Crippen molar-refractivity contribution in [2.45, 2.75) is 45.2 Å². The monoisotopic (exact) mass is 420 g/mol. The largest absolute Gasteiger partial charge is 0.419 e. The van der Waals surface area contributed by atoms with E-state index in [9.17, 15) is 26.7 Å². The van der Waals surface area contributed by atoms with Crippen molar-refractivity contribution in [3.05, 3.63) is 29.4 Å². The fourth-order valence-corrected chi connectivity index (χ4v) is 2.34. The number of nitrogens with zero attached hydrogens (tertiary/aromatic N) is 3. The van der Waals surface area contributed by atoms with Crippen molar-refractivity contribution in [3.63, 3.8) is 0 Å². The number of carbonyl (C=O) groups excluding carboxylic acids is 1. The van der Waals surface area contributed by atoms with Gasteiger partial charge in [-0.05, 0) is 26.7 Å². The van der Waals surface area contributed by atoms with Gasteiger partial charge in [0.15, 0.2) is 0 Å². The van der Waals surface area contributed by atoms with Crippen LogP contribution in [0.25, 0.3) is 0 Å². The van der Waals surface area contributed by atoms with E-state index >= 15 is 0 Å². The minimum atomic E-state index is -4.57. The summed E-state index contributed by atoms with van der Waals surface area (Å²) in [4.78, 5) is 22.9. The molecule has 1 aromatic rings. The molecule has 160 valence electrons. The highest BCUT2D eigenvalue weighted by atomic mass is 19.4. The highest BCUT2D eigenvalue weighted by Crippen LogP contribution is 2.44. The lowest BCUT2D eigenvalue weighted by molar-refractivity contribution is -0.138. The lowest BCUT2D eigenvalue weighted by Crippen LogP contribution is -2.43. The Hall–Kier alpha value is -2.79. The lowest BCUT2D eigenvalue weighted by atomic mass is 9.90. The average Bonchev–Trinajstić information content (AvgIpc) is 3.47. The molecular weight excluding hydrogens is 399 g/mol. The fraction of sp³-hybridized carbons (Fsp3) is 0.529. The van der Waals surface area contributed by atoms with Gasteiger partial charge in [-0.1, -0.05) is 0 Å². The number of amides is 1. The van der Waals surface area contributed by atoms with Gasteiger partial charge in [-0.2, -0.15) is 13.2 Å². The number of nitrogens with two attached hydrogens (primary N) is 2. The molecule has 1 saturated carbocycles. The number of rotatable bonds is 8. The molecule has 7 nitrogen and oxygen atoms in total. The van der Waals surface area contributed by atoms with Gasteiger partial charge in [0, 0.05) is 18.3 Å². The fourth-order valence-electron chi connectivity index (χ4n) is 2.34. The Morgan fingerprint density at radius 2 is 2.03 bits per heavy atom. The minimum absolute atomic E-state index is 0.0904. The molecule has 1 atom stereocenters. The zero-order chi connectivity index (χ0) is 22.0. The SMILES string of the molecule is CC(=N/CC(C)(C(N)=O)C(F)F)/C(=C\N)Nc1ncc(C(F)(F)F)c(C2CC2)n1. The van der Waals surface area contributed by atoms with E-state index in [1.807, 2.05) is 0 Å². The second kappa shape index (κ2) is 8.29. The Bertz CT molecular complexity index is 834. The molecule has 0 spiro atoms. The number of hydrogen-bond acceptors (Lipinski definition) is 6. The van der Waals surface area contributed by atoms with E-state index in [0.29, 0.717) is 19.0 Å². The molecule has 0 aliphatic heterocycles. The number of halogens is 5. The molecule has 0 bridgehead atoms. The molecule has 1 heterocycles. The number of anilines is 1. The number of primary amides is 1. The second-order valence-electron chi connectivity index (χ2n) is 6.95. The van der Waals surface area contributed by atoms with Gasteiger partial charge in [-0.15, -0.1) is 0 Å². The summed E-state index contributed by atoms with van der Waals surface area (Å²) in [5.74, 6) is -1.65. The maximum Gasteiger partial charge on any atom is 0.419 e. The molecule has 1 aliphatic rings. The summed E-state index contributed by atoms with van der Waals surface area (Å²) in [6.45, 7) is 1.80. The third-order valence-corrected chi connectivity index (χ3v) is 4.58. The molecule has 0 aromatic carbocycles. The highest BCUT2D eigenvalue weighted by Gasteiger charge is 2.41. The summed E-state index contributed by atoms with van der Waals surface area (Å²) in [6.07, 6.45) is -4.69. The standard InChI is InChI=1S/C17H21F5N6O/c1-8(26-7-16(2,13(18)19)14(24)29)11(5-23)27-15-25-6-10(17(20,21)22)12(28-15)9-3-4-9/h5-6,9,13H,3-4,7,23H2,1-2H3,(H2,24,29)(H,25,27,28)/b11-5+,26-8-. The van der Waals surface area contributed by atoms with Crippen LogP contribution in [0.1, 0.15) is 43.9 Å². The number of nitrogens with one attached hydrogen (secondary N) is 1. The van der Waals surface area contributed by atoms with Gasteiger partial charge >= 0.3 is 6.18 Å². The summed E-state index contributed by atoms with van der Waals surface area (Å²) in [5.41, 5.74) is 7.57. The van der Waals surface area contributed by atoms with Crippen LogP contribution in [0.15, 0.2) is 23.1 Å². The Labute approximate surface area is 163 Å². The van der Waals surface area contributed by atoms with Gasteiger partial charge in [0.1, 0.15) is 5.41 Å². The van der Waals surface area contributed by atoms with Crippen molar-refractivity contribution in [2.24, 2.45) is 21.9 Å². The summed E-state index contributed by atoms with van der Waals surface area (Å²) in [6, 6.07) is 0. The van der Waals surface area contributed by atoms with E-state index in [2.05, 4.69) is 20.3 Å². The molecule has 1 aromatic heterocycles. The first-order valence-electron chi connectivity index (χ1n) is 8.62. The van der Waals surface area contributed by atoms with Crippen molar-refractivity contribution >= 4 is 17.6 Å². The number of carbonyl (C=O) groups is 1. The predicted molar refractivity (Wildman–Crippen MR) is 96.2 cm³/mol. The Balaban J connectivity index is 2.23. The van der Waals surface area contributed by atoms with E-state index in [-0.39, 0.29) is 29.0 Å². The van der Waals surface area contributed by atoms with E-state index in [0.717, 1.165) is 13.1 Å². The van der Waals surface area contributed by atoms with Gasteiger partial charge in [-0.25, -0.2) is 18.7 Å². The number of aromatic nitrogens is 2. The van der Waals surface area contributed by atoms with E-state index < -0.39 is 36.0 Å². The molecule has 12 heteroatoms. The van der Waals surface area contributed by atoms with Crippen LogP contribution in [0, 0.1) is 5.41 Å². The first-order valence-corrected chi connectivity index (χ1v) is 8.62. The van der Waals surface area contributed by atoms with Crippen LogP contribution in [0.4, 0.5) is 27.9 Å². The van der Waals surface area contributed by atoms with Crippen LogP contribution in [0.3, 0.4) is 0 Å². The van der Waals surface area contributed by atoms with E-state index in [1.165, 1.54) is 6.92 Å². The van der Waals surface area contributed by atoms with Crippen molar-refractivity contribution < 1.29 is 26.7 Å². The van der Waals surface area contributed by atoms with Gasteiger partial charge in [-0.3, -0.25) is 9.79 Å². The average molecular weight is 420 g/mol. The van der Waals surface area contributed by atoms with Crippen molar-refractivity contribution in [3.8, 4) is 0 Å². The number of alkyl halides is 5. The lowest BCUT2D eigenvalue weighted by Gasteiger charge is -2.23. The molecular formula is C17H21F5N6O. The van der Waals surface area contributed by atoms with Crippen LogP contribution < -0.4 is 16.8 Å². The third-order valence-electron chi connectivity index (χ3n) is 4.58. The molecule has 0 saturated heterocycles. The van der Waals surface area contributed by atoms with Gasteiger partial charge in [0.25, 0.3) is 6.43 Å². The quantitative estimate of drug-likeness (QED) is 0.441. The number of allylic oxidation sites excluding steroid dienone is 1. The topological polar surface area (TPSA) is 119 Å². The minimum Gasteiger partial charge on any atom is -0.403 e. The van der Waals surface area contributed by atoms with Crippen molar-refractivity contribution in [1.29, 1.82) is 0 Å². The smallest absolute Gasteiger partial charge is 0.403 e. The molecule has 5 N–H and O–H groups in total. The number of hydrogen-bond donors (Lipinski definition) is 3. The first kappa shape index (κ1) is 22.5. The Morgan fingerprint density at radius 1 is 1.41 bits per heavy atom. The molecule has 1 amide bonds. The normalized spacial score (nSPS) is 17.9. The maximum absolute atomic E-state index is 13.1. The first-order chi connectivity index (χ1) is 13.4. The summed E-state index contributed by atoms with van der Waals surface area (Å²) in [7, 11) is 0. The van der Waals surface area contributed by atoms with Crippen molar-refractivity contribution in [1.82, 2.24) is 9.97 Å². The molecule has 1 fully saturated rings. The van der Waals surface area contributed by atoms with Crippen LogP contribution in [-0.4, -0.2) is 34.6 Å². The van der Waals surface area contributed by atoms with Gasteiger partial charge in [0.05, 0.1) is 29.2 Å².